The number of anilines is 1. The zero-order valence-electron chi connectivity index (χ0n) is 9.43. The Morgan fingerprint density at radius 2 is 2.18 bits per heavy atom. The van der Waals surface area contributed by atoms with E-state index in [0.29, 0.717) is 6.04 Å². The average Bonchev–Trinajstić information content (AvgIpc) is 3.00. The normalized spacial score (nSPS) is 17.6. The molecule has 1 aliphatic rings. The van der Waals surface area contributed by atoms with Gasteiger partial charge in [0.1, 0.15) is 0 Å². The van der Waals surface area contributed by atoms with Gasteiger partial charge in [-0.1, -0.05) is 0 Å². The van der Waals surface area contributed by atoms with Gasteiger partial charge >= 0.3 is 0 Å². The molecule has 0 atom stereocenters. The number of H-pyrrole nitrogens is 2. The molecular weight excluding hydrogens is 218 g/mol. The third kappa shape index (κ3) is 2.01. The number of nitrogens with one attached hydrogen (secondary N) is 2. The van der Waals surface area contributed by atoms with Crippen molar-refractivity contribution in [2.45, 2.75) is 18.9 Å². The van der Waals surface area contributed by atoms with Crippen molar-refractivity contribution in [1.29, 1.82) is 0 Å². The largest absolute Gasteiger partial charge is 0.339 e. The lowest BCUT2D eigenvalue weighted by molar-refractivity contribution is 0.496. The minimum absolute atomic E-state index is 0.318. The molecule has 0 aliphatic carbocycles. The minimum Gasteiger partial charge on any atom is -0.339 e. The molecule has 0 radical (unpaired) electrons. The van der Waals surface area contributed by atoms with E-state index in [-0.39, 0.29) is 0 Å². The standard InChI is InChI=1S/C10H15N7/c11-8-1-3-17(4-2-8)10-14-9(15-16-10)7-5-12-13-6-7/h5-6,8H,1-4,11H2,(H,12,13)(H,14,15,16). The van der Waals surface area contributed by atoms with Gasteiger partial charge in [0.05, 0.1) is 11.8 Å². The Kier molecular flexibility index (Phi) is 2.52. The van der Waals surface area contributed by atoms with Crippen molar-refractivity contribution in [2.75, 3.05) is 18.0 Å². The average molecular weight is 233 g/mol. The van der Waals surface area contributed by atoms with Crippen molar-refractivity contribution in [3.05, 3.63) is 12.4 Å². The molecule has 2 aromatic rings. The van der Waals surface area contributed by atoms with Crippen LogP contribution in [0.1, 0.15) is 12.8 Å². The van der Waals surface area contributed by atoms with Crippen LogP contribution in [-0.2, 0) is 0 Å². The van der Waals surface area contributed by atoms with Crippen LogP contribution < -0.4 is 10.6 Å². The molecule has 4 N–H and O–H groups in total. The first-order valence-corrected chi connectivity index (χ1v) is 5.75. The minimum atomic E-state index is 0.318. The highest BCUT2D eigenvalue weighted by Crippen LogP contribution is 2.18. The van der Waals surface area contributed by atoms with E-state index in [1.54, 1.807) is 12.4 Å². The van der Waals surface area contributed by atoms with Crippen molar-refractivity contribution in [2.24, 2.45) is 5.73 Å². The van der Waals surface area contributed by atoms with Gasteiger partial charge in [0.25, 0.3) is 0 Å². The van der Waals surface area contributed by atoms with Gasteiger partial charge in [0.15, 0.2) is 5.82 Å². The highest BCUT2D eigenvalue weighted by atomic mass is 15.4. The molecule has 17 heavy (non-hydrogen) atoms. The summed E-state index contributed by atoms with van der Waals surface area (Å²) in [5.41, 5.74) is 6.78. The molecule has 0 bridgehead atoms. The van der Waals surface area contributed by atoms with E-state index in [1.165, 1.54) is 0 Å². The van der Waals surface area contributed by atoms with Gasteiger partial charge in [-0.2, -0.15) is 10.1 Å². The first kappa shape index (κ1) is 10.3. The predicted molar refractivity (Wildman–Crippen MR) is 63.4 cm³/mol. The Morgan fingerprint density at radius 1 is 1.35 bits per heavy atom. The highest BCUT2D eigenvalue weighted by Gasteiger charge is 2.19. The van der Waals surface area contributed by atoms with Crippen LogP contribution in [0.25, 0.3) is 11.4 Å². The maximum absolute atomic E-state index is 5.87. The number of hydrogen-bond acceptors (Lipinski definition) is 5. The summed E-state index contributed by atoms with van der Waals surface area (Å²) >= 11 is 0. The fraction of sp³-hybridized carbons (Fsp3) is 0.500. The topological polar surface area (TPSA) is 99.5 Å². The Labute approximate surface area is 98.4 Å². The quantitative estimate of drug-likeness (QED) is 0.684. The summed E-state index contributed by atoms with van der Waals surface area (Å²) in [5.74, 6) is 1.48. The highest BCUT2D eigenvalue weighted by molar-refractivity contribution is 5.53. The van der Waals surface area contributed by atoms with E-state index >= 15 is 0 Å². The van der Waals surface area contributed by atoms with Crippen LogP contribution in [0.15, 0.2) is 12.4 Å². The van der Waals surface area contributed by atoms with Crippen LogP contribution in [0, 0.1) is 0 Å². The van der Waals surface area contributed by atoms with Gasteiger partial charge < -0.3 is 10.6 Å². The Hall–Kier alpha value is -1.89. The number of nitrogens with two attached hydrogens (primary N) is 1. The van der Waals surface area contributed by atoms with Crippen LogP contribution in [-0.4, -0.2) is 44.5 Å². The van der Waals surface area contributed by atoms with E-state index in [9.17, 15) is 0 Å². The lowest BCUT2D eigenvalue weighted by Crippen LogP contribution is -2.40. The van der Waals surface area contributed by atoms with Crippen LogP contribution in [0.5, 0.6) is 0 Å². The van der Waals surface area contributed by atoms with Crippen molar-refractivity contribution in [3.8, 4) is 11.4 Å². The third-order valence-corrected chi connectivity index (χ3v) is 3.07. The van der Waals surface area contributed by atoms with E-state index in [4.69, 9.17) is 5.73 Å². The SMILES string of the molecule is NC1CCN(c2n[nH]c(-c3cn[nH]c3)n2)CC1. The van der Waals surface area contributed by atoms with Gasteiger partial charge in [-0.25, -0.2) is 0 Å². The molecular formula is C10H15N7. The summed E-state index contributed by atoms with van der Waals surface area (Å²) < 4.78 is 0. The summed E-state index contributed by atoms with van der Waals surface area (Å²) in [6.07, 6.45) is 5.50. The smallest absolute Gasteiger partial charge is 0.245 e. The zero-order chi connectivity index (χ0) is 11.7. The lowest BCUT2D eigenvalue weighted by atomic mass is 10.1. The van der Waals surface area contributed by atoms with Crippen molar-refractivity contribution >= 4 is 5.95 Å². The monoisotopic (exact) mass is 233 g/mol. The van der Waals surface area contributed by atoms with Gasteiger partial charge in [0, 0.05) is 25.3 Å². The van der Waals surface area contributed by atoms with E-state index in [1.807, 2.05) is 0 Å². The molecule has 0 unspecified atom stereocenters. The number of piperidine rings is 1. The summed E-state index contributed by atoms with van der Waals surface area (Å²) in [4.78, 5) is 6.62. The number of aromatic amines is 2. The summed E-state index contributed by atoms with van der Waals surface area (Å²) in [6.45, 7) is 1.84. The second-order valence-corrected chi connectivity index (χ2v) is 4.30. The number of aromatic nitrogens is 5. The molecule has 0 spiro atoms. The molecule has 0 aromatic carbocycles. The van der Waals surface area contributed by atoms with Crippen LogP contribution in [0.2, 0.25) is 0 Å². The maximum atomic E-state index is 5.87. The molecule has 1 fully saturated rings. The molecule has 1 aliphatic heterocycles. The second-order valence-electron chi connectivity index (χ2n) is 4.30. The lowest BCUT2D eigenvalue weighted by Gasteiger charge is -2.28. The van der Waals surface area contributed by atoms with Crippen molar-refractivity contribution in [1.82, 2.24) is 25.4 Å². The second kappa shape index (κ2) is 4.17. The zero-order valence-corrected chi connectivity index (χ0v) is 9.43. The molecule has 90 valence electrons. The number of rotatable bonds is 2. The first-order valence-electron chi connectivity index (χ1n) is 5.75. The molecule has 3 rings (SSSR count). The molecule has 1 saturated heterocycles. The van der Waals surface area contributed by atoms with Crippen LogP contribution in [0.4, 0.5) is 5.95 Å². The van der Waals surface area contributed by atoms with E-state index in [2.05, 4.69) is 30.3 Å². The summed E-state index contributed by atoms with van der Waals surface area (Å²) in [5, 5.41) is 13.8. The van der Waals surface area contributed by atoms with Crippen LogP contribution in [0.3, 0.4) is 0 Å². The Bertz CT molecular complexity index is 467. The van der Waals surface area contributed by atoms with Gasteiger partial charge in [0.2, 0.25) is 5.95 Å². The molecule has 0 saturated carbocycles. The fourth-order valence-electron chi connectivity index (χ4n) is 2.00. The fourth-order valence-corrected chi connectivity index (χ4v) is 2.00. The maximum Gasteiger partial charge on any atom is 0.245 e. The number of nitrogens with zero attached hydrogens (tertiary/aromatic N) is 4. The molecule has 0 amide bonds. The van der Waals surface area contributed by atoms with Gasteiger partial charge in [-0.05, 0) is 12.8 Å². The van der Waals surface area contributed by atoms with Crippen molar-refractivity contribution in [3.63, 3.8) is 0 Å². The van der Waals surface area contributed by atoms with E-state index in [0.717, 1.165) is 43.3 Å². The molecule has 3 heterocycles. The van der Waals surface area contributed by atoms with Gasteiger partial charge in [-0.15, -0.1) is 5.10 Å². The summed E-state index contributed by atoms with van der Waals surface area (Å²) in [7, 11) is 0. The van der Waals surface area contributed by atoms with E-state index < -0.39 is 0 Å². The molecule has 2 aromatic heterocycles. The predicted octanol–water partition coefficient (Wildman–Crippen LogP) is 0.122. The third-order valence-electron chi connectivity index (χ3n) is 3.07. The van der Waals surface area contributed by atoms with Crippen molar-refractivity contribution < 1.29 is 0 Å². The Balaban J connectivity index is 1.76. The Morgan fingerprint density at radius 3 is 2.88 bits per heavy atom. The summed E-state index contributed by atoms with van der Waals surface area (Å²) in [6, 6.07) is 0.318. The first-order chi connectivity index (χ1) is 8.33. The number of hydrogen-bond donors (Lipinski definition) is 3. The van der Waals surface area contributed by atoms with Crippen LogP contribution >= 0.6 is 0 Å². The van der Waals surface area contributed by atoms with Gasteiger partial charge in [-0.3, -0.25) is 10.2 Å². The molecule has 7 nitrogen and oxygen atoms in total. The molecule has 7 heteroatoms.